The number of carbonyl (C=O) groups excluding carboxylic acids is 1. The number of amides is 1. The van der Waals surface area contributed by atoms with E-state index in [1.807, 2.05) is 67.2 Å². The zero-order valence-corrected chi connectivity index (χ0v) is 17.6. The molecule has 0 saturated heterocycles. The van der Waals surface area contributed by atoms with Gasteiger partial charge < -0.3 is 10.2 Å². The Hall–Kier alpha value is -3.15. The maximum atomic E-state index is 12.5. The van der Waals surface area contributed by atoms with Crippen LogP contribution >= 0.6 is 0 Å². The molecule has 6 nitrogen and oxygen atoms in total. The molecule has 0 unspecified atom stereocenters. The Bertz CT molecular complexity index is 943. The Balaban J connectivity index is 1.62. The van der Waals surface area contributed by atoms with E-state index >= 15 is 0 Å². The van der Waals surface area contributed by atoms with Crippen molar-refractivity contribution in [2.75, 3.05) is 18.0 Å². The Morgan fingerprint density at radius 2 is 1.79 bits per heavy atom. The van der Waals surface area contributed by atoms with Gasteiger partial charge in [0.1, 0.15) is 5.82 Å². The second-order valence-corrected chi connectivity index (χ2v) is 7.05. The summed E-state index contributed by atoms with van der Waals surface area (Å²) in [6.07, 6.45) is 2.15. The summed E-state index contributed by atoms with van der Waals surface area (Å²) in [5.74, 6) is 0.946. The predicted octanol–water partition coefficient (Wildman–Crippen LogP) is 3.59. The maximum Gasteiger partial charge on any atom is 0.224 e. The standard InChI is InChI=1S/C23H29N5O/c1-5-27(6-2)22-13-12-19(15-24-22)16-25-23(29)14-21-17(3)26-28(18(21)4)20-10-8-7-9-11-20/h7-13,15H,5-6,14,16H2,1-4H3,(H,25,29). The van der Waals surface area contributed by atoms with Crippen LogP contribution in [0, 0.1) is 13.8 Å². The van der Waals surface area contributed by atoms with Crippen molar-refractivity contribution in [3.05, 3.63) is 71.2 Å². The average molecular weight is 392 g/mol. The zero-order chi connectivity index (χ0) is 20.8. The molecule has 6 heteroatoms. The highest BCUT2D eigenvalue weighted by molar-refractivity contribution is 5.79. The second kappa shape index (κ2) is 9.37. The topological polar surface area (TPSA) is 63.1 Å². The normalized spacial score (nSPS) is 10.8. The summed E-state index contributed by atoms with van der Waals surface area (Å²) < 4.78 is 1.90. The molecule has 2 heterocycles. The number of nitrogens with one attached hydrogen (secondary N) is 1. The van der Waals surface area contributed by atoms with E-state index < -0.39 is 0 Å². The molecule has 2 aromatic heterocycles. The summed E-state index contributed by atoms with van der Waals surface area (Å²) in [5.41, 5.74) is 4.84. The van der Waals surface area contributed by atoms with Gasteiger partial charge in [-0.2, -0.15) is 5.10 Å². The third-order valence-corrected chi connectivity index (χ3v) is 5.17. The van der Waals surface area contributed by atoms with Gasteiger partial charge in [0, 0.05) is 37.1 Å². The number of hydrogen-bond acceptors (Lipinski definition) is 4. The minimum Gasteiger partial charge on any atom is -0.357 e. The van der Waals surface area contributed by atoms with E-state index in [4.69, 9.17) is 0 Å². The van der Waals surface area contributed by atoms with Crippen LogP contribution < -0.4 is 10.2 Å². The average Bonchev–Trinajstić information content (AvgIpc) is 3.03. The summed E-state index contributed by atoms with van der Waals surface area (Å²) in [5, 5.41) is 7.61. The van der Waals surface area contributed by atoms with E-state index in [-0.39, 0.29) is 5.91 Å². The summed E-state index contributed by atoms with van der Waals surface area (Å²) >= 11 is 0. The lowest BCUT2D eigenvalue weighted by molar-refractivity contribution is -0.120. The first-order valence-corrected chi connectivity index (χ1v) is 10.1. The summed E-state index contributed by atoms with van der Waals surface area (Å²) in [7, 11) is 0. The minimum absolute atomic E-state index is 0.0170. The molecule has 0 bridgehead atoms. The van der Waals surface area contributed by atoms with Crippen LogP contribution in [0.25, 0.3) is 5.69 Å². The zero-order valence-electron chi connectivity index (χ0n) is 17.6. The molecular formula is C23H29N5O. The number of anilines is 1. The fraction of sp³-hybridized carbons (Fsp3) is 0.348. The first-order chi connectivity index (χ1) is 14.0. The Kier molecular flexibility index (Phi) is 6.65. The lowest BCUT2D eigenvalue weighted by Crippen LogP contribution is -2.25. The lowest BCUT2D eigenvalue weighted by Gasteiger charge is -2.19. The molecule has 0 radical (unpaired) electrons. The Labute approximate surface area is 172 Å². The molecule has 1 amide bonds. The third-order valence-electron chi connectivity index (χ3n) is 5.17. The second-order valence-electron chi connectivity index (χ2n) is 7.05. The minimum atomic E-state index is -0.0170. The van der Waals surface area contributed by atoms with Crippen molar-refractivity contribution in [2.45, 2.75) is 40.7 Å². The highest BCUT2D eigenvalue weighted by atomic mass is 16.1. The molecule has 29 heavy (non-hydrogen) atoms. The molecule has 3 rings (SSSR count). The van der Waals surface area contributed by atoms with Gasteiger partial charge >= 0.3 is 0 Å². The van der Waals surface area contributed by atoms with Gasteiger partial charge in [0.05, 0.1) is 17.8 Å². The quantitative estimate of drug-likeness (QED) is 0.637. The highest BCUT2D eigenvalue weighted by Gasteiger charge is 2.16. The molecule has 0 saturated carbocycles. The number of carbonyl (C=O) groups is 1. The number of aromatic nitrogens is 3. The summed E-state index contributed by atoms with van der Waals surface area (Å²) in [4.78, 5) is 19.2. The van der Waals surface area contributed by atoms with Crippen LogP contribution in [0.5, 0.6) is 0 Å². The monoisotopic (exact) mass is 391 g/mol. The van der Waals surface area contributed by atoms with E-state index in [0.717, 1.165) is 47.1 Å². The van der Waals surface area contributed by atoms with Gasteiger partial charge in [-0.25, -0.2) is 9.67 Å². The summed E-state index contributed by atoms with van der Waals surface area (Å²) in [6.45, 7) is 10.5. The molecule has 0 aliphatic heterocycles. The third kappa shape index (κ3) is 4.83. The van der Waals surface area contributed by atoms with E-state index in [0.29, 0.717) is 13.0 Å². The van der Waals surface area contributed by atoms with Crippen LogP contribution in [0.1, 0.15) is 36.4 Å². The van der Waals surface area contributed by atoms with Crippen molar-refractivity contribution >= 4 is 11.7 Å². The molecule has 0 atom stereocenters. The van der Waals surface area contributed by atoms with Crippen molar-refractivity contribution in [1.82, 2.24) is 20.1 Å². The van der Waals surface area contributed by atoms with Crippen molar-refractivity contribution in [2.24, 2.45) is 0 Å². The molecule has 0 spiro atoms. The smallest absolute Gasteiger partial charge is 0.224 e. The van der Waals surface area contributed by atoms with Crippen LogP contribution in [0.4, 0.5) is 5.82 Å². The molecule has 3 aromatic rings. The van der Waals surface area contributed by atoms with Crippen molar-refractivity contribution in [3.63, 3.8) is 0 Å². The Morgan fingerprint density at radius 3 is 2.41 bits per heavy atom. The highest BCUT2D eigenvalue weighted by Crippen LogP contribution is 2.18. The molecule has 1 aromatic carbocycles. The lowest BCUT2D eigenvalue weighted by atomic mass is 10.1. The molecular weight excluding hydrogens is 362 g/mol. The van der Waals surface area contributed by atoms with Gasteiger partial charge in [-0.15, -0.1) is 0 Å². The molecule has 0 fully saturated rings. The molecule has 0 aliphatic carbocycles. The van der Waals surface area contributed by atoms with Gasteiger partial charge in [0.25, 0.3) is 0 Å². The molecule has 1 N–H and O–H groups in total. The number of benzene rings is 1. The van der Waals surface area contributed by atoms with E-state index in [9.17, 15) is 4.79 Å². The van der Waals surface area contributed by atoms with Crippen molar-refractivity contribution < 1.29 is 4.79 Å². The number of hydrogen-bond donors (Lipinski definition) is 1. The van der Waals surface area contributed by atoms with Crippen molar-refractivity contribution in [3.8, 4) is 5.69 Å². The maximum absolute atomic E-state index is 12.5. The van der Waals surface area contributed by atoms with Gasteiger partial charge in [-0.3, -0.25) is 4.79 Å². The van der Waals surface area contributed by atoms with Crippen molar-refractivity contribution in [1.29, 1.82) is 0 Å². The Morgan fingerprint density at radius 1 is 1.07 bits per heavy atom. The van der Waals surface area contributed by atoms with E-state index in [2.05, 4.69) is 34.1 Å². The fourth-order valence-corrected chi connectivity index (χ4v) is 3.43. The number of aryl methyl sites for hydroxylation is 1. The van der Waals surface area contributed by atoms with Crippen LogP contribution in [0.3, 0.4) is 0 Å². The van der Waals surface area contributed by atoms with E-state index in [1.54, 1.807) is 0 Å². The van der Waals surface area contributed by atoms with E-state index in [1.165, 1.54) is 0 Å². The number of nitrogens with zero attached hydrogens (tertiary/aromatic N) is 4. The van der Waals surface area contributed by atoms with Crippen LogP contribution in [-0.4, -0.2) is 33.8 Å². The van der Waals surface area contributed by atoms with Crippen LogP contribution in [-0.2, 0) is 17.8 Å². The van der Waals surface area contributed by atoms with Crippen LogP contribution in [0.15, 0.2) is 48.7 Å². The first kappa shape index (κ1) is 20.6. The molecule has 0 aliphatic rings. The van der Waals surface area contributed by atoms with Gasteiger partial charge in [-0.05, 0) is 51.5 Å². The summed E-state index contributed by atoms with van der Waals surface area (Å²) in [6, 6.07) is 14.0. The number of para-hydroxylation sites is 1. The van der Waals surface area contributed by atoms with Gasteiger partial charge in [-0.1, -0.05) is 24.3 Å². The molecule has 152 valence electrons. The van der Waals surface area contributed by atoms with Gasteiger partial charge in [0.15, 0.2) is 0 Å². The number of rotatable bonds is 8. The number of pyridine rings is 1. The largest absolute Gasteiger partial charge is 0.357 e. The predicted molar refractivity (Wildman–Crippen MR) is 116 cm³/mol. The fourth-order valence-electron chi connectivity index (χ4n) is 3.43. The first-order valence-electron chi connectivity index (χ1n) is 10.1. The van der Waals surface area contributed by atoms with Gasteiger partial charge in [0.2, 0.25) is 5.91 Å². The SMILES string of the molecule is CCN(CC)c1ccc(CNC(=O)Cc2c(C)nn(-c3ccccc3)c2C)cn1. The van der Waals surface area contributed by atoms with Crippen LogP contribution in [0.2, 0.25) is 0 Å².